The summed E-state index contributed by atoms with van der Waals surface area (Å²) < 4.78 is 0. The average Bonchev–Trinajstić information content (AvgIpc) is 2.75. The second kappa shape index (κ2) is 7.99. The maximum atomic E-state index is 12.7. The Balaban J connectivity index is 1.88. The SMILES string of the molecule is CC(C(=O)N1CCCCCC1)N1CCCC(CCN)C1. The Kier molecular flexibility index (Phi) is 6.30. The molecule has 0 bridgehead atoms. The lowest BCUT2D eigenvalue weighted by Gasteiger charge is -2.38. The summed E-state index contributed by atoms with van der Waals surface area (Å²) >= 11 is 0. The van der Waals surface area contributed by atoms with Gasteiger partial charge in [0.25, 0.3) is 0 Å². The van der Waals surface area contributed by atoms with E-state index >= 15 is 0 Å². The molecule has 2 aliphatic heterocycles. The molecule has 2 N–H and O–H groups in total. The van der Waals surface area contributed by atoms with Crippen LogP contribution in [-0.4, -0.2) is 54.5 Å². The van der Waals surface area contributed by atoms with E-state index < -0.39 is 0 Å². The van der Waals surface area contributed by atoms with Gasteiger partial charge in [0.1, 0.15) is 0 Å². The van der Waals surface area contributed by atoms with Gasteiger partial charge in [-0.15, -0.1) is 0 Å². The fourth-order valence-corrected chi connectivity index (χ4v) is 3.63. The van der Waals surface area contributed by atoms with Crippen LogP contribution in [0.4, 0.5) is 0 Å². The molecule has 0 aromatic heterocycles. The summed E-state index contributed by atoms with van der Waals surface area (Å²) in [6, 6.07) is 0.0497. The van der Waals surface area contributed by atoms with Crippen molar-refractivity contribution < 1.29 is 4.79 Å². The summed E-state index contributed by atoms with van der Waals surface area (Å²) in [6.45, 7) is 6.91. The predicted molar refractivity (Wildman–Crippen MR) is 82.5 cm³/mol. The zero-order valence-electron chi connectivity index (χ0n) is 13.0. The third-order valence-electron chi connectivity index (χ3n) is 4.95. The molecule has 4 nitrogen and oxygen atoms in total. The first-order valence-corrected chi connectivity index (χ1v) is 8.45. The molecule has 1 amide bonds. The van der Waals surface area contributed by atoms with Crippen LogP contribution in [0.5, 0.6) is 0 Å². The summed E-state index contributed by atoms with van der Waals surface area (Å²) in [4.78, 5) is 17.2. The fourth-order valence-electron chi connectivity index (χ4n) is 3.63. The normalized spacial score (nSPS) is 27.1. The molecule has 4 heteroatoms. The van der Waals surface area contributed by atoms with Crippen LogP contribution >= 0.6 is 0 Å². The van der Waals surface area contributed by atoms with Crippen LogP contribution in [-0.2, 0) is 4.79 Å². The zero-order valence-corrected chi connectivity index (χ0v) is 13.0. The molecule has 2 aliphatic rings. The summed E-state index contributed by atoms with van der Waals surface area (Å²) in [7, 11) is 0. The van der Waals surface area contributed by atoms with Gasteiger partial charge >= 0.3 is 0 Å². The van der Waals surface area contributed by atoms with Crippen molar-refractivity contribution in [2.24, 2.45) is 11.7 Å². The minimum Gasteiger partial charge on any atom is -0.341 e. The Bertz CT molecular complexity index is 298. The minimum atomic E-state index is 0.0497. The van der Waals surface area contributed by atoms with E-state index in [0.29, 0.717) is 11.8 Å². The number of nitrogens with two attached hydrogens (primary N) is 1. The van der Waals surface area contributed by atoms with Crippen molar-refractivity contribution in [3.63, 3.8) is 0 Å². The number of nitrogens with zero attached hydrogens (tertiary/aromatic N) is 2. The van der Waals surface area contributed by atoms with E-state index in [1.807, 2.05) is 0 Å². The van der Waals surface area contributed by atoms with Crippen molar-refractivity contribution >= 4 is 5.91 Å². The highest BCUT2D eigenvalue weighted by Crippen LogP contribution is 2.22. The summed E-state index contributed by atoms with van der Waals surface area (Å²) in [5, 5.41) is 0. The van der Waals surface area contributed by atoms with Crippen LogP contribution in [0.2, 0.25) is 0 Å². The van der Waals surface area contributed by atoms with Crippen LogP contribution in [0.15, 0.2) is 0 Å². The van der Waals surface area contributed by atoms with Gasteiger partial charge in [0.05, 0.1) is 6.04 Å². The number of carbonyl (C=O) groups is 1. The number of carbonyl (C=O) groups excluding carboxylic acids is 1. The number of hydrogen-bond donors (Lipinski definition) is 1. The van der Waals surface area contributed by atoms with Crippen molar-refractivity contribution in [3.8, 4) is 0 Å². The Morgan fingerprint density at radius 3 is 2.50 bits per heavy atom. The maximum Gasteiger partial charge on any atom is 0.239 e. The van der Waals surface area contributed by atoms with Crippen LogP contribution in [0, 0.1) is 5.92 Å². The number of amides is 1. The summed E-state index contributed by atoms with van der Waals surface area (Å²) in [5.41, 5.74) is 5.68. The lowest BCUT2D eigenvalue weighted by atomic mass is 9.94. The van der Waals surface area contributed by atoms with Crippen molar-refractivity contribution in [1.82, 2.24) is 9.80 Å². The molecule has 2 unspecified atom stereocenters. The van der Waals surface area contributed by atoms with E-state index in [0.717, 1.165) is 39.1 Å². The largest absolute Gasteiger partial charge is 0.341 e. The number of likely N-dealkylation sites (tertiary alicyclic amines) is 2. The highest BCUT2D eigenvalue weighted by Gasteiger charge is 2.29. The smallest absolute Gasteiger partial charge is 0.239 e. The van der Waals surface area contributed by atoms with Gasteiger partial charge in [-0.2, -0.15) is 0 Å². The van der Waals surface area contributed by atoms with Crippen LogP contribution in [0.25, 0.3) is 0 Å². The second-order valence-electron chi connectivity index (χ2n) is 6.50. The molecular weight excluding hydrogens is 250 g/mol. The molecule has 2 fully saturated rings. The predicted octanol–water partition coefficient (Wildman–Crippen LogP) is 1.84. The number of piperidine rings is 1. The van der Waals surface area contributed by atoms with Gasteiger partial charge in [-0.3, -0.25) is 9.69 Å². The molecule has 2 rings (SSSR count). The minimum absolute atomic E-state index is 0.0497. The van der Waals surface area contributed by atoms with Gasteiger partial charge in [0, 0.05) is 19.6 Å². The monoisotopic (exact) mass is 281 g/mol. The fraction of sp³-hybridized carbons (Fsp3) is 0.938. The lowest BCUT2D eigenvalue weighted by molar-refractivity contribution is -0.137. The van der Waals surface area contributed by atoms with Crippen LogP contribution < -0.4 is 5.73 Å². The van der Waals surface area contributed by atoms with E-state index in [4.69, 9.17) is 5.73 Å². The quantitative estimate of drug-likeness (QED) is 0.855. The molecule has 2 atom stereocenters. The van der Waals surface area contributed by atoms with E-state index in [9.17, 15) is 4.79 Å². The standard InChI is InChI=1S/C16H31N3O/c1-14(16(20)18-10-4-2-3-5-11-18)19-12-6-7-15(13-19)8-9-17/h14-15H,2-13,17H2,1H3. The molecule has 0 radical (unpaired) electrons. The Hall–Kier alpha value is -0.610. The Morgan fingerprint density at radius 2 is 1.85 bits per heavy atom. The molecule has 0 aromatic carbocycles. The van der Waals surface area contributed by atoms with Gasteiger partial charge in [-0.25, -0.2) is 0 Å². The second-order valence-corrected chi connectivity index (χ2v) is 6.50. The molecular formula is C16H31N3O. The van der Waals surface area contributed by atoms with Crippen molar-refractivity contribution in [1.29, 1.82) is 0 Å². The molecule has 2 saturated heterocycles. The zero-order chi connectivity index (χ0) is 14.4. The molecule has 0 aliphatic carbocycles. The first-order chi connectivity index (χ1) is 9.72. The van der Waals surface area contributed by atoms with E-state index in [-0.39, 0.29) is 6.04 Å². The molecule has 0 saturated carbocycles. The lowest BCUT2D eigenvalue weighted by Crippen LogP contribution is -2.50. The molecule has 0 aromatic rings. The Morgan fingerprint density at radius 1 is 1.15 bits per heavy atom. The van der Waals surface area contributed by atoms with Gasteiger partial charge < -0.3 is 10.6 Å². The van der Waals surface area contributed by atoms with Crippen molar-refractivity contribution in [2.75, 3.05) is 32.7 Å². The number of hydrogen-bond acceptors (Lipinski definition) is 3. The van der Waals surface area contributed by atoms with E-state index in [2.05, 4.69) is 16.7 Å². The third kappa shape index (κ3) is 4.19. The van der Waals surface area contributed by atoms with Gasteiger partial charge in [-0.05, 0) is 58.0 Å². The maximum absolute atomic E-state index is 12.7. The molecule has 116 valence electrons. The Labute approximate surface area is 123 Å². The van der Waals surface area contributed by atoms with Crippen LogP contribution in [0.1, 0.15) is 51.9 Å². The summed E-state index contributed by atoms with van der Waals surface area (Å²) in [6.07, 6.45) is 8.49. The molecule has 20 heavy (non-hydrogen) atoms. The number of rotatable bonds is 4. The highest BCUT2D eigenvalue weighted by atomic mass is 16.2. The van der Waals surface area contributed by atoms with E-state index in [1.54, 1.807) is 0 Å². The van der Waals surface area contributed by atoms with Crippen LogP contribution in [0.3, 0.4) is 0 Å². The average molecular weight is 281 g/mol. The van der Waals surface area contributed by atoms with Gasteiger partial charge in [-0.1, -0.05) is 12.8 Å². The molecule has 2 heterocycles. The summed E-state index contributed by atoms with van der Waals surface area (Å²) in [5.74, 6) is 1.04. The molecule has 0 spiro atoms. The van der Waals surface area contributed by atoms with E-state index in [1.165, 1.54) is 38.5 Å². The van der Waals surface area contributed by atoms with Gasteiger partial charge in [0.15, 0.2) is 0 Å². The third-order valence-corrected chi connectivity index (χ3v) is 4.95. The van der Waals surface area contributed by atoms with Crippen molar-refractivity contribution in [3.05, 3.63) is 0 Å². The first kappa shape index (κ1) is 15.8. The topological polar surface area (TPSA) is 49.6 Å². The van der Waals surface area contributed by atoms with Crippen molar-refractivity contribution in [2.45, 2.75) is 57.9 Å². The van der Waals surface area contributed by atoms with Gasteiger partial charge in [0.2, 0.25) is 5.91 Å². The highest BCUT2D eigenvalue weighted by molar-refractivity contribution is 5.81. The first-order valence-electron chi connectivity index (χ1n) is 8.45.